The predicted octanol–water partition coefficient (Wildman–Crippen LogP) is 2.69. The molecule has 0 unspecified atom stereocenters. The fourth-order valence-electron chi connectivity index (χ4n) is 1.23. The quantitative estimate of drug-likeness (QED) is 0.795. The third kappa shape index (κ3) is 2.10. The van der Waals surface area contributed by atoms with E-state index in [-0.39, 0.29) is 0 Å². The van der Waals surface area contributed by atoms with Crippen LogP contribution in [0.5, 0.6) is 0 Å². The van der Waals surface area contributed by atoms with Crippen LogP contribution in [0.1, 0.15) is 25.0 Å². The van der Waals surface area contributed by atoms with Crippen LogP contribution in [0, 0.1) is 0 Å². The molecule has 0 heterocycles. The van der Waals surface area contributed by atoms with E-state index in [1.165, 1.54) is 13.8 Å². The molecule has 0 amide bonds. The van der Waals surface area contributed by atoms with Crippen LogP contribution in [-0.2, 0) is 12.0 Å². The van der Waals surface area contributed by atoms with E-state index in [1.807, 2.05) is 6.07 Å². The summed E-state index contributed by atoms with van der Waals surface area (Å²) in [6, 6.07) is 7.06. The maximum atomic E-state index is 12.7. The molecule has 0 radical (unpaired) electrons. The standard InChI is InChI=1S/C11H15F2N/c1-11(2,10(12)13)9-5-3-4-8(6-9)7-14/h3-6,10H,7,14H2,1-2H3. The van der Waals surface area contributed by atoms with Crippen LogP contribution < -0.4 is 5.73 Å². The zero-order valence-electron chi connectivity index (χ0n) is 8.43. The third-order valence-electron chi connectivity index (χ3n) is 2.45. The molecule has 0 spiro atoms. The smallest absolute Gasteiger partial charge is 0.247 e. The number of hydrogen-bond acceptors (Lipinski definition) is 1. The summed E-state index contributed by atoms with van der Waals surface area (Å²) in [4.78, 5) is 0. The van der Waals surface area contributed by atoms with Gasteiger partial charge in [-0.2, -0.15) is 0 Å². The zero-order valence-corrected chi connectivity index (χ0v) is 8.43. The second-order valence-corrected chi connectivity index (χ2v) is 3.93. The maximum Gasteiger partial charge on any atom is 0.247 e. The van der Waals surface area contributed by atoms with Crippen molar-refractivity contribution in [3.63, 3.8) is 0 Å². The van der Waals surface area contributed by atoms with E-state index < -0.39 is 11.8 Å². The van der Waals surface area contributed by atoms with Gasteiger partial charge in [-0.15, -0.1) is 0 Å². The molecular formula is C11H15F2N. The third-order valence-corrected chi connectivity index (χ3v) is 2.45. The van der Waals surface area contributed by atoms with Crippen LogP contribution in [0.4, 0.5) is 8.78 Å². The molecule has 0 saturated heterocycles. The Bertz CT molecular complexity index is 308. The highest BCUT2D eigenvalue weighted by molar-refractivity contribution is 5.29. The van der Waals surface area contributed by atoms with Crippen molar-refractivity contribution in [3.05, 3.63) is 35.4 Å². The van der Waals surface area contributed by atoms with Crippen molar-refractivity contribution in [3.8, 4) is 0 Å². The first-order valence-corrected chi connectivity index (χ1v) is 4.56. The molecule has 1 aromatic rings. The molecule has 78 valence electrons. The summed E-state index contributed by atoms with van der Waals surface area (Å²) in [6.07, 6.45) is -2.37. The van der Waals surface area contributed by atoms with Gasteiger partial charge in [0.1, 0.15) is 0 Å². The second-order valence-electron chi connectivity index (χ2n) is 3.93. The Morgan fingerprint density at radius 3 is 2.50 bits per heavy atom. The Morgan fingerprint density at radius 2 is 2.00 bits per heavy atom. The summed E-state index contributed by atoms with van der Waals surface area (Å²) in [5.41, 5.74) is 5.86. The maximum absolute atomic E-state index is 12.7. The fraction of sp³-hybridized carbons (Fsp3) is 0.455. The lowest BCUT2D eigenvalue weighted by molar-refractivity contribution is 0.0694. The molecular weight excluding hydrogens is 184 g/mol. The molecule has 0 aliphatic rings. The number of halogens is 2. The molecule has 0 atom stereocenters. The SMILES string of the molecule is CC(C)(c1cccc(CN)c1)C(F)F. The predicted molar refractivity (Wildman–Crippen MR) is 53.4 cm³/mol. The van der Waals surface area contributed by atoms with Crippen LogP contribution in [-0.4, -0.2) is 6.43 Å². The Hall–Kier alpha value is -0.960. The summed E-state index contributed by atoms with van der Waals surface area (Å²) in [7, 11) is 0. The number of alkyl halides is 2. The van der Waals surface area contributed by atoms with E-state index in [4.69, 9.17) is 5.73 Å². The Kier molecular flexibility index (Phi) is 3.21. The van der Waals surface area contributed by atoms with Crippen molar-refractivity contribution in [2.24, 2.45) is 5.73 Å². The van der Waals surface area contributed by atoms with Crippen molar-refractivity contribution in [1.82, 2.24) is 0 Å². The minimum absolute atomic E-state index is 0.382. The molecule has 0 aromatic heterocycles. The summed E-state index contributed by atoms with van der Waals surface area (Å²) >= 11 is 0. The summed E-state index contributed by atoms with van der Waals surface area (Å²) < 4.78 is 25.4. The molecule has 1 rings (SSSR count). The summed E-state index contributed by atoms with van der Waals surface area (Å²) in [5, 5.41) is 0. The number of nitrogens with two attached hydrogens (primary N) is 1. The lowest BCUT2D eigenvalue weighted by Crippen LogP contribution is -2.27. The first-order chi connectivity index (χ1) is 6.48. The Labute approximate surface area is 82.9 Å². The average molecular weight is 199 g/mol. The number of rotatable bonds is 3. The lowest BCUT2D eigenvalue weighted by Gasteiger charge is -2.24. The van der Waals surface area contributed by atoms with Crippen molar-refractivity contribution in [1.29, 1.82) is 0 Å². The van der Waals surface area contributed by atoms with Gasteiger partial charge >= 0.3 is 0 Å². The highest BCUT2D eigenvalue weighted by Crippen LogP contribution is 2.30. The van der Waals surface area contributed by atoms with Gasteiger partial charge in [0.25, 0.3) is 0 Å². The fourth-order valence-corrected chi connectivity index (χ4v) is 1.23. The van der Waals surface area contributed by atoms with Crippen molar-refractivity contribution >= 4 is 0 Å². The van der Waals surface area contributed by atoms with Gasteiger partial charge in [-0.1, -0.05) is 38.1 Å². The van der Waals surface area contributed by atoms with Gasteiger partial charge in [-0.25, -0.2) is 8.78 Å². The van der Waals surface area contributed by atoms with Crippen LogP contribution in [0.2, 0.25) is 0 Å². The Balaban J connectivity index is 3.06. The molecule has 0 saturated carbocycles. The highest BCUT2D eigenvalue weighted by atomic mass is 19.3. The Morgan fingerprint density at radius 1 is 1.36 bits per heavy atom. The minimum Gasteiger partial charge on any atom is -0.326 e. The van der Waals surface area contributed by atoms with E-state index in [1.54, 1.807) is 18.2 Å². The largest absolute Gasteiger partial charge is 0.326 e. The molecule has 1 nitrogen and oxygen atoms in total. The highest BCUT2D eigenvalue weighted by Gasteiger charge is 2.31. The average Bonchev–Trinajstić information content (AvgIpc) is 2.17. The van der Waals surface area contributed by atoms with Gasteiger partial charge in [0.15, 0.2) is 0 Å². The van der Waals surface area contributed by atoms with Gasteiger partial charge in [0, 0.05) is 6.54 Å². The van der Waals surface area contributed by atoms with Gasteiger partial charge in [0.2, 0.25) is 6.43 Å². The van der Waals surface area contributed by atoms with Crippen LogP contribution in [0.25, 0.3) is 0 Å². The van der Waals surface area contributed by atoms with E-state index in [0.717, 1.165) is 5.56 Å². The summed E-state index contributed by atoms with van der Waals surface area (Å²) in [5.74, 6) is 0. The van der Waals surface area contributed by atoms with Crippen LogP contribution >= 0.6 is 0 Å². The molecule has 0 aliphatic carbocycles. The van der Waals surface area contributed by atoms with Gasteiger partial charge < -0.3 is 5.73 Å². The van der Waals surface area contributed by atoms with Gasteiger partial charge in [-0.3, -0.25) is 0 Å². The van der Waals surface area contributed by atoms with Crippen LogP contribution in [0.15, 0.2) is 24.3 Å². The molecule has 0 aliphatic heterocycles. The molecule has 0 bridgehead atoms. The van der Waals surface area contributed by atoms with Crippen molar-refractivity contribution < 1.29 is 8.78 Å². The van der Waals surface area contributed by atoms with Crippen molar-refractivity contribution in [2.45, 2.75) is 32.2 Å². The van der Waals surface area contributed by atoms with Crippen LogP contribution in [0.3, 0.4) is 0 Å². The molecule has 2 N–H and O–H groups in total. The lowest BCUT2D eigenvalue weighted by atomic mass is 9.84. The summed E-state index contributed by atoms with van der Waals surface area (Å²) in [6.45, 7) is 3.45. The van der Waals surface area contributed by atoms with E-state index >= 15 is 0 Å². The van der Waals surface area contributed by atoms with Crippen molar-refractivity contribution in [2.75, 3.05) is 0 Å². The zero-order chi connectivity index (χ0) is 10.8. The van der Waals surface area contributed by atoms with Gasteiger partial charge in [0.05, 0.1) is 5.41 Å². The van der Waals surface area contributed by atoms with E-state index in [0.29, 0.717) is 12.1 Å². The van der Waals surface area contributed by atoms with E-state index in [9.17, 15) is 8.78 Å². The van der Waals surface area contributed by atoms with E-state index in [2.05, 4.69) is 0 Å². The molecule has 3 heteroatoms. The normalized spacial score (nSPS) is 12.1. The molecule has 14 heavy (non-hydrogen) atoms. The number of benzene rings is 1. The minimum atomic E-state index is -2.37. The topological polar surface area (TPSA) is 26.0 Å². The molecule has 1 aromatic carbocycles. The monoisotopic (exact) mass is 199 g/mol. The first kappa shape index (κ1) is 11.1. The second kappa shape index (κ2) is 4.05. The molecule has 0 fully saturated rings. The number of hydrogen-bond donors (Lipinski definition) is 1. The first-order valence-electron chi connectivity index (χ1n) is 4.56. The van der Waals surface area contributed by atoms with Gasteiger partial charge in [-0.05, 0) is 11.1 Å².